The van der Waals surface area contributed by atoms with Gasteiger partial charge in [-0.25, -0.2) is 12.8 Å². The van der Waals surface area contributed by atoms with Gasteiger partial charge in [0.2, 0.25) is 11.8 Å². The summed E-state index contributed by atoms with van der Waals surface area (Å²) >= 11 is 12.5. The highest BCUT2D eigenvalue weighted by Crippen LogP contribution is 2.30. The van der Waals surface area contributed by atoms with E-state index in [0.29, 0.717) is 5.56 Å². The second-order valence-electron chi connectivity index (χ2n) is 10.5. The number of carbonyl (C=O) groups is 2. The fourth-order valence-corrected chi connectivity index (χ4v) is 6.59. The van der Waals surface area contributed by atoms with Crippen molar-refractivity contribution in [3.05, 3.63) is 130 Å². The molecule has 0 fully saturated rings. The Kier molecular flexibility index (Phi) is 11.0. The molecule has 0 bridgehead atoms. The van der Waals surface area contributed by atoms with E-state index in [9.17, 15) is 22.4 Å². The maximum absolute atomic E-state index is 14.4. The lowest BCUT2D eigenvalue weighted by Gasteiger charge is -2.34. The van der Waals surface area contributed by atoms with Crippen LogP contribution >= 0.6 is 23.2 Å². The van der Waals surface area contributed by atoms with Gasteiger partial charge in [0.1, 0.15) is 18.4 Å². The Hall–Kier alpha value is -3.92. The summed E-state index contributed by atoms with van der Waals surface area (Å²) in [7, 11) is -4.30. The van der Waals surface area contributed by atoms with Crippen LogP contribution in [0, 0.1) is 5.82 Å². The molecule has 0 radical (unpaired) electrons. The van der Waals surface area contributed by atoms with Crippen LogP contribution in [0.15, 0.2) is 108 Å². The van der Waals surface area contributed by atoms with Crippen LogP contribution in [0.5, 0.6) is 0 Å². The average Bonchev–Trinajstić information content (AvgIpc) is 2.98. The monoisotopic (exact) mass is 655 g/mol. The maximum Gasteiger partial charge on any atom is 0.264 e. The molecule has 0 saturated carbocycles. The van der Waals surface area contributed by atoms with Crippen molar-refractivity contribution >= 4 is 50.7 Å². The predicted octanol–water partition coefficient (Wildman–Crippen LogP) is 6.49. The molecule has 0 aliphatic rings. The van der Waals surface area contributed by atoms with Crippen molar-refractivity contribution in [3.8, 4) is 0 Å². The smallest absolute Gasteiger partial charge is 0.264 e. The molecule has 0 heterocycles. The first-order valence-electron chi connectivity index (χ1n) is 13.9. The highest BCUT2D eigenvalue weighted by Gasteiger charge is 2.35. The van der Waals surface area contributed by atoms with Crippen LogP contribution in [0.4, 0.5) is 10.1 Å². The summed E-state index contributed by atoms with van der Waals surface area (Å²) in [5, 5.41) is 3.24. The third kappa shape index (κ3) is 8.59. The van der Waals surface area contributed by atoms with Gasteiger partial charge >= 0.3 is 0 Å². The summed E-state index contributed by atoms with van der Waals surface area (Å²) < 4.78 is 42.7. The van der Waals surface area contributed by atoms with Gasteiger partial charge in [-0.1, -0.05) is 83.9 Å². The van der Waals surface area contributed by atoms with Crippen molar-refractivity contribution in [2.75, 3.05) is 10.8 Å². The molecule has 4 aromatic carbocycles. The van der Waals surface area contributed by atoms with Crippen molar-refractivity contribution in [2.45, 2.75) is 43.8 Å². The van der Waals surface area contributed by atoms with Gasteiger partial charge in [-0.15, -0.1) is 0 Å². The molecule has 4 aromatic rings. The number of nitrogens with one attached hydrogen (secondary N) is 1. The quantitative estimate of drug-likeness (QED) is 0.189. The van der Waals surface area contributed by atoms with Crippen LogP contribution < -0.4 is 9.62 Å². The molecular formula is C33H32Cl2FN3O4S. The number of rotatable bonds is 12. The van der Waals surface area contributed by atoms with Crippen molar-refractivity contribution in [1.82, 2.24) is 10.2 Å². The number of anilines is 1. The Morgan fingerprint density at radius 1 is 0.818 bits per heavy atom. The Morgan fingerprint density at radius 2 is 1.39 bits per heavy atom. The molecule has 2 amide bonds. The Bertz CT molecular complexity index is 1670. The number of halogens is 3. The summed E-state index contributed by atoms with van der Waals surface area (Å²) in [6.45, 7) is 2.86. The second-order valence-corrected chi connectivity index (χ2v) is 13.2. The van der Waals surface area contributed by atoms with E-state index in [-0.39, 0.29) is 39.6 Å². The second kappa shape index (κ2) is 14.7. The van der Waals surface area contributed by atoms with Crippen LogP contribution in [0.25, 0.3) is 0 Å². The van der Waals surface area contributed by atoms with E-state index in [1.807, 2.05) is 30.3 Å². The summed E-state index contributed by atoms with van der Waals surface area (Å²) in [6.07, 6.45) is 0.154. The van der Waals surface area contributed by atoms with Crippen LogP contribution in [0.1, 0.15) is 25.0 Å². The number of hydrogen-bond acceptors (Lipinski definition) is 4. The lowest BCUT2D eigenvalue weighted by Crippen LogP contribution is -2.54. The molecule has 0 spiro atoms. The van der Waals surface area contributed by atoms with Crippen molar-refractivity contribution in [2.24, 2.45) is 0 Å². The topological polar surface area (TPSA) is 86.8 Å². The van der Waals surface area contributed by atoms with E-state index >= 15 is 0 Å². The Labute approximate surface area is 267 Å². The molecule has 0 aliphatic carbocycles. The number of hydrogen-bond donors (Lipinski definition) is 1. The van der Waals surface area contributed by atoms with Crippen molar-refractivity contribution < 1.29 is 22.4 Å². The number of sulfonamides is 1. The van der Waals surface area contributed by atoms with Gasteiger partial charge in [-0.2, -0.15) is 0 Å². The minimum atomic E-state index is -4.30. The number of amides is 2. The lowest BCUT2D eigenvalue weighted by atomic mass is 10.0. The maximum atomic E-state index is 14.4. The molecule has 0 saturated heterocycles. The number of nitrogens with zero attached hydrogens (tertiary/aromatic N) is 2. The third-order valence-corrected chi connectivity index (χ3v) is 8.94. The zero-order chi connectivity index (χ0) is 31.9. The molecule has 7 nitrogen and oxygen atoms in total. The van der Waals surface area contributed by atoms with E-state index in [1.165, 1.54) is 59.5 Å². The molecular weight excluding hydrogens is 624 g/mol. The van der Waals surface area contributed by atoms with E-state index in [4.69, 9.17) is 23.2 Å². The normalized spacial score (nSPS) is 12.0. The first kappa shape index (κ1) is 33.0. The molecule has 4 rings (SSSR count). The van der Waals surface area contributed by atoms with Crippen LogP contribution in [0.3, 0.4) is 0 Å². The Morgan fingerprint density at radius 3 is 1.95 bits per heavy atom. The van der Waals surface area contributed by atoms with Crippen LogP contribution in [-0.2, 0) is 32.6 Å². The van der Waals surface area contributed by atoms with Gasteiger partial charge in [0.05, 0.1) is 10.6 Å². The number of carbonyl (C=O) groups excluding carboxylic acids is 2. The fourth-order valence-electron chi connectivity index (χ4n) is 4.65. The first-order chi connectivity index (χ1) is 20.9. The van der Waals surface area contributed by atoms with Gasteiger partial charge in [0.25, 0.3) is 10.0 Å². The van der Waals surface area contributed by atoms with Gasteiger partial charge < -0.3 is 10.2 Å². The predicted molar refractivity (Wildman–Crippen MR) is 172 cm³/mol. The third-order valence-electron chi connectivity index (χ3n) is 6.71. The van der Waals surface area contributed by atoms with Gasteiger partial charge in [0, 0.05) is 29.1 Å². The van der Waals surface area contributed by atoms with Gasteiger partial charge in [-0.05, 0) is 67.4 Å². The molecule has 1 N–H and O–H groups in total. The highest BCUT2D eigenvalue weighted by molar-refractivity contribution is 7.92. The molecule has 0 aliphatic heterocycles. The SMILES string of the molecule is CC(C)NC(=O)[C@H](Cc1ccccc1)N(Cc1ccc(F)cc1)C(=O)CN(c1cc(Cl)cc(Cl)c1)S(=O)(=O)c1ccccc1. The Balaban J connectivity index is 1.82. The average molecular weight is 657 g/mol. The molecule has 0 aromatic heterocycles. The summed E-state index contributed by atoms with van der Waals surface area (Å²) in [5.74, 6) is -1.53. The largest absolute Gasteiger partial charge is 0.352 e. The zero-order valence-electron chi connectivity index (χ0n) is 24.2. The van der Waals surface area contributed by atoms with Gasteiger partial charge in [0.15, 0.2) is 0 Å². The van der Waals surface area contributed by atoms with E-state index in [1.54, 1.807) is 32.0 Å². The van der Waals surface area contributed by atoms with E-state index in [0.717, 1.165) is 9.87 Å². The molecule has 230 valence electrons. The molecule has 44 heavy (non-hydrogen) atoms. The van der Waals surface area contributed by atoms with E-state index in [2.05, 4.69) is 5.32 Å². The summed E-state index contributed by atoms with van der Waals surface area (Å²) in [4.78, 5) is 29.3. The summed E-state index contributed by atoms with van der Waals surface area (Å²) in [5.41, 5.74) is 1.43. The highest BCUT2D eigenvalue weighted by atomic mass is 35.5. The molecule has 11 heteroatoms. The minimum Gasteiger partial charge on any atom is -0.352 e. The van der Waals surface area contributed by atoms with Gasteiger partial charge in [-0.3, -0.25) is 13.9 Å². The standard InChI is InChI=1S/C33H32Cl2FN3O4S/c1-23(2)37-33(41)31(17-24-9-5-3-6-10-24)38(21-25-13-15-28(36)16-14-25)32(40)22-39(29-19-26(34)18-27(35)20-29)44(42,43)30-11-7-4-8-12-30/h3-16,18-20,23,31H,17,21-22H2,1-2H3,(H,37,41)/t31-/m0/s1. The zero-order valence-corrected chi connectivity index (χ0v) is 26.5. The summed E-state index contributed by atoms with van der Waals surface area (Å²) in [6, 6.07) is 25.4. The molecule has 1 atom stereocenters. The van der Waals surface area contributed by atoms with Crippen molar-refractivity contribution in [3.63, 3.8) is 0 Å². The minimum absolute atomic E-state index is 0.0487. The lowest BCUT2D eigenvalue weighted by molar-refractivity contribution is -0.140. The van der Waals surface area contributed by atoms with Crippen molar-refractivity contribution in [1.29, 1.82) is 0 Å². The van der Waals surface area contributed by atoms with E-state index < -0.39 is 40.2 Å². The number of benzene rings is 4. The van der Waals surface area contributed by atoms with Crippen LogP contribution in [-0.4, -0.2) is 43.8 Å². The first-order valence-corrected chi connectivity index (χ1v) is 16.1. The molecule has 0 unspecified atom stereocenters. The van der Waals surface area contributed by atoms with Crippen LogP contribution in [0.2, 0.25) is 10.0 Å². The fraction of sp³-hybridized carbons (Fsp3) is 0.212.